The fraction of sp³-hybridized carbons (Fsp3) is 0.154. The second kappa shape index (κ2) is 5.46. The Morgan fingerprint density at radius 3 is 2.67 bits per heavy atom. The summed E-state index contributed by atoms with van der Waals surface area (Å²) in [5.41, 5.74) is 0.679. The van der Waals surface area contributed by atoms with Gasteiger partial charge in [-0.15, -0.1) is 0 Å². The third-order valence-corrected chi connectivity index (χ3v) is 2.84. The molecule has 0 unspecified atom stereocenters. The summed E-state index contributed by atoms with van der Waals surface area (Å²) < 4.78 is 19.5. The molecule has 0 aliphatic carbocycles. The number of aliphatic hydroxyl groups excluding tert-OH is 1. The van der Waals surface area contributed by atoms with E-state index in [0.717, 1.165) is 0 Å². The third kappa shape index (κ3) is 3.05. The minimum atomic E-state index is -0.587. The van der Waals surface area contributed by atoms with Crippen molar-refractivity contribution in [1.29, 1.82) is 0 Å². The third-order valence-electron chi connectivity index (χ3n) is 2.35. The van der Waals surface area contributed by atoms with Crippen molar-refractivity contribution in [2.24, 2.45) is 0 Å². The van der Waals surface area contributed by atoms with Crippen LogP contribution in [0.2, 0.25) is 0 Å². The van der Waals surface area contributed by atoms with Gasteiger partial charge in [0.1, 0.15) is 0 Å². The molecule has 1 heterocycles. The average molecular weight is 312 g/mol. The van der Waals surface area contributed by atoms with Gasteiger partial charge < -0.3 is 9.84 Å². The molecule has 0 saturated heterocycles. The number of hydrogen-bond donors (Lipinski definition) is 1. The first kappa shape index (κ1) is 13.0. The van der Waals surface area contributed by atoms with Crippen LogP contribution in [0, 0.1) is 5.82 Å². The number of halogens is 2. The molecule has 0 spiro atoms. The van der Waals surface area contributed by atoms with Crippen LogP contribution in [-0.2, 0) is 0 Å². The van der Waals surface area contributed by atoms with Gasteiger partial charge in [-0.05, 0) is 36.8 Å². The Kier molecular flexibility index (Phi) is 3.93. The van der Waals surface area contributed by atoms with Gasteiger partial charge in [-0.3, -0.25) is 0 Å². The van der Waals surface area contributed by atoms with Crippen molar-refractivity contribution < 1.29 is 14.2 Å². The van der Waals surface area contributed by atoms with Gasteiger partial charge in [-0.1, -0.05) is 15.9 Å². The topological polar surface area (TPSA) is 42.4 Å². The van der Waals surface area contributed by atoms with Crippen LogP contribution in [0.1, 0.15) is 18.6 Å². The highest BCUT2D eigenvalue weighted by Crippen LogP contribution is 2.26. The molecule has 3 nitrogen and oxygen atoms in total. The maximum Gasteiger partial charge on any atom is 0.219 e. The van der Waals surface area contributed by atoms with Gasteiger partial charge in [0.15, 0.2) is 11.6 Å². The molecule has 0 saturated carbocycles. The van der Waals surface area contributed by atoms with Gasteiger partial charge >= 0.3 is 0 Å². The van der Waals surface area contributed by atoms with E-state index in [2.05, 4.69) is 20.9 Å². The molecule has 2 rings (SSSR count). The molecule has 0 aliphatic heterocycles. The summed E-state index contributed by atoms with van der Waals surface area (Å²) in [5.74, 6) is -0.0816. The Labute approximate surface area is 112 Å². The Hall–Kier alpha value is -1.46. The zero-order valence-corrected chi connectivity index (χ0v) is 11.2. The summed E-state index contributed by atoms with van der Waals surface area (Å²) in [7, 11) is 0. The lowest BCUT2D eigenvalue weighted by Gasteiger charge is -2.08. The fourth-order valence-electron chi connectivity index (χ4n) is 1.37. The van der Waals surface area contributed by atoms with Crippen LogP contribution >= 0.6 is 15.9 Å². The first-order chi connectivity index (χ1) is 8.56. The molecule has 1 aromatic heterocycles. The van der Waals surface area contributed by atoms with Crippen LogP contribution in [0.15, 0.2) is 41.0 Å². The Bertz CT molecular complexity index is 543. The molecule has 5 heteroatoms. The molecule has 0 radical (unpaired) electrons. The number of aromatic nitrogens is 1. The lowest BCUT2D eigenvalue weighted by Crippen LogP contribution is -1.94. The molecular weight excluding hydrogens is 301 g/mol. The van der Waals surface area contributed by atoms with Crippen LogP contribution in [0.25, 0.3) is 0 Å². The second-order valence-electron chi connectivity index (χ2n) is 3.78. The summed E-state index contributed by atoms with van der Waals surface area (Å²) in [6, 6.07) is 7.79. The van der Waals surface area contributed by atoms with E-state index in [9.17, 15) is 9.50 Å². The minimum absolute atomic E-state index is 0.107. The first-order valence-corrected chi connectivity index (χ1v) is 6.12. The number of ether oxygens (including phenoxy) is 1. The summed E-state index contributed by atoms with van der Waals surface area (Å²) in [4.78, 5) is 4.00. The summed E-state index contributed by atoms with van der Waals surface area (Å²) in [5, 5.41) is 9.33. The minimum Gasteiger partial charge on any atom is -0.436 e. The van der Waals surface area contributed by atoms with E-state index >= 15 is 0 Å². The number of rotatable bonds is 3. The molecule has 18 heavy (non-hydrogen) atoms. The highest BCUT2D eigenvalue weighted by molar-refractivity contribution is 9.10. The molecule has 1 N–H and O–H groups in total. The van der Waals surface area contributed by atoms with Gasteiger partial charge in [-0.25, -0.2) is 9.37 Å². The van der Waals surface area contributed by atoms with Crippen LogP contribution in [0.5, 0.6) is 11.6 Å². The predicted octanol–water partition coefficient (Wildman–Crippen LogP) is 3.83. The number of hydrogen-bond acceptors (Lipinski definition) is 3. The Balaban J connectivity index is 2.18. The van der Waals surface area contributed by atoms with Crippen molar-refractivity contribution in [2.45, 2.75) is 13.0 Å². The molecule has 0 aliphatic rings. The quantitative estimate of drug-likeness (QED) is 0.936. The largest absolute Gasteiger partial charge is 0.436 e. The highest BCUT2D eigenvalue weighted by atomic mass is 79.9. The van der Waals surface area contributed by atoms with Crippen LogP contribution in [0.4, 0.5) is 4.39 Å². The maximum atomic E-state index is 13.5. The summed E-state index contributed by atoms with van der Waals surface area (Å²) in [6.07, 6.45) is 0.910. The van der Waals surface area contributed by atoms with Crippen LogP contribution < -0.4 is 4.74 Å². The second-order valence-corrected chi connectivity index (χ2v) is 4.70. The average Bonchev–Trinajstić information content (AvgIpc) is 2.33. The first-order valence-electron chi connectivity index (χ1n) is 5.33. The normalized spacial score (nSPS) is 12.2. The SMILES string of the molecule is C[C@H](O)c1ccc(Oc2ccc(Br)cc2F)nc1. The van der Waals surface area contributed by atoms with E-state index < -0.39 is 11.9 Å². The van der Waals surface area contributed by atoms with Crippen molar-refractivity contribution in [3.05, 3.63) is 52.4 Å². The van der Waals surface area contributed by atoms with Gasteiger partial charge in [0.2, 0.25) is 5.88 Å². The Morgan fingerprint density at radius 2 is 2.11 bits per heavy atom. The number of aliphatic hydroxyl groups is 1. The number of pyridine rings is 1. The zero-order valence-electron chi connectivity index (χ0n) is 9.60. The van der Waals surface area contributed by atoms with E-state index in [4.69, 9.17) is 4.74 Å². The smallest absolute Gasteiger partial charge is 0.219 e. The van der Waals surface area contributed by atoms with Crippen molar-refractivity contribution in [3.63, 3.8) is 0 Å². The molecule has 1 aromatic carbocycles. The Morgan fingerprint density at radius 1 is 1.33 bits per heavy atom. The van der Waals surface area contributed by atoms with Crippen LogP contribution in [-0.4, -0.2) is 10.1 Å². The van der Waals surface area contributed by atoms with Crippen LogP contribution in [0.3, 0.4) is 0 Å². The van der Waals surface area contributed by atoms with Gasteiger partial charge in [0.05, 0.1) is 6.10 Å². The van der Waals surface area contributed by atoms with E-state index in [1.54, 1.807) is 25.1 Å². The van der Waals surface area contributed by atoms with E-state index in [-0.39, 0.29) is 11.6 Å². The van der Waals surface area contributed by atoms with Crippen molar-refractivity contribution in [1.82, 2.24) is 4.98 Å². The summed E-state index contributed by atoms with van der Waals surface area (Å²) in [6.45, 7) is 1.64. The molecule has 94 valence electrons. The fourth-order valence-corrected chi connectivity index (χ4v) is 1.70. The predicted molar refractivity (Wildman–Crippen MR) is 69.0 cm³/mol. The van der Waals surface area contributed by atoms with E-state index in [0.29, 0.717) is 10.0 Å². The van der Waals surface area contributed by atoms with E-state index in [1.165, 1.54) is 18.3 Å². The maximum absolute atomic E-state index is 13.5. The standard InChI is InChI=1S/C13H11BrFNO2/c1-8(17)9-2-5-13(16-7-9)18-12-4-3-10(14)6-11(12)15/h2-8,17H,1H3/t8-/m0/s1. The lowest BCUT2D eigenvalue weighted by atomic mass is 10.2. The van der Waals surface area contributed by atoms with Gasteiger partial charge in [0.25, 0.3) is 0 Å². The number of nitrogens with zero attached hydrogens (tertiary/aromatic N) is 1. The molecule has 1 atom stereocenters. The zero-order chi connectivity index (χ0) is 13.1. The molecule has 0 bridgehead atoms. The van der Waals surface area contributed by atoms with Crippen molar-refractivity contribution >= 4 is 15.9 Å². The molecule has 2 aromatic rings. The molecular formula is C13H11BrFNO2. The summed E-state index contributed by atoms with van der Waals surface area (Å²) >= 11 is 3.17. The van der Waals surface area contributed by atoms with Crippen molar-refractivity contribution in [3.8, 4) is 11.6 Å². The van der Waals surface area contributed by atoms with Gasteiger partial charge in [-0.2, -0.15) is 0 Å². The number of benzene rings is 1. The van der Waals surface area contributed by atoms with E-state index in [1.807, 2.05) is 0 Å². The molecule has 0 fully saturated rings. The monoisotopic (exact) mass is 311 g/mol. The van der Waals surface area contributed by atoms with Gasteiger partial charge in [0, 0.05) is 16.7 Å². The van der Waals surface area contributed by atoms with Crippen molar-refractivity contribution in [2.75, 3.05) is 0 Å². The lowest BCUT2D eigenvalue weighted by molar-refractivity contribution is 0.198. The highest BCUT2D eigenvalue weighted by Gasteiger charge is 2.07. The molecule has 0 amide bonds.